The molecule has 0 aliphatic heterocycles. The highest BCUT2D eigenvalue weighted by Crippen LogP contribution is 2.27. The Morgan fingerprint density at radius 2 is 1.96 bits per heavy atom. The van der Waals surface area contributed by atoms with Crippen LogP contribution in [0.1, 0.15) is 35.4 Å². The topological polar surface area (TPSA) is 59.0 Å². The number of nitrogens with one attached hydrogen (secondary N) is 2. The minimum Gasteiger partial charge on any atom is -0.351 e. The molecule has 25 heavy (non-hydrogen) atoms. The van der Waals surface area contributed by atoms with Gasteiger partial charge >= 0.3 is 0 Å². The van der Waals surface area contributed by atoms with E-state index in [1.165, 1.54) is 18.4 Å². The van der Waals surface area contributed by atoms with Crippen molar-refractivity contribution in [3.05, 3.63) is 52.8 Å². The van der Waals surface area contributed by atoms with E-state index < -0.39 is 0 Å². The Bertz CT molecular complexity index is 695. The summed E-state index contributed by atoms with van der Waals surface area (Å²) in [5.41, 5.74) is 4.43. The predicted octanol–water partition coefficient (Wildman–Crippen LogP) is 2.59. The Morgan fingerprint density at radius 1 is 1.24 bits per heavy atom. The van der Waals surface area contributed by atoms with Crippen LogP contribution in [0.25, 0.3) is 0 Å². The molecule has 0 radical (unpaired) electrons. The lowest BCUT2D eigenvalue weighted by Crippen LogP contribution is -2.34. The zero-order valence-electron chi connectivity index (χ0n) is 14.9. The molecule has 1 aromatic carbocycles. The van der Waals surface area contributed by atoms with Gasteiger partial charge in [0.2, 0.25) is 5.91 Å². The lowest BCUT2D eigenvalue weighted by Gasteiger charge is -2.08. The fraction of sp³-hybridized carbons (Fsp3) is 0.474. The maximum atomic E-state index is 11.9. The van der Waals surface area contributed by atoms with Crippen LogP contribution >= 0.6 is 12.4 Å². The van der Waals surface area contributed by atoms with Gasteiger partial charge in [-0.1, -0.05) is 30.3 Å². The van der Waals surface area contributed by atoms with Gasteiger partial charge < -0.3 is 10.6 Å². The molecule has 0 spiro atoms. The van der Waals surface area contributed by atoms with Crippen molar-refractivity contribution in [1.29, 1.82) is 0 Å². The average Bonchev–Trinajstić information content (AvgIpc) is 3.35. The van der Waals surface area contributed by atoms with Gasteiger partial charge in [-0.3, -0.25) is 9.48 Å². The second kappa shape index (κ2) is 9.02. The minimum atomic E-state index is 0. The number of hydrogen-bond donors (Lipinski definition) is 2. The van der Waals surface area contributed by atoms with Gasteiger partial charge in [0.15, 0.2) is 0 Å². The molecule has 2 aromatic rings. The van der Waals surface area contributed by atoms with Gasteiger partial charge in [-0.15, -0.1) is 12.4 Å². The summed E-state index contributed by atoms with van der Waals surface area (Å²) in [5, 5.41) is 10.8. The lowest BCUT2D eigenvalue weighted by atomic mass is 10.2. The molecule has 0 atom stereocenters. The van der Waals surface area contributed by atoms with Crippen molar-refractivity contribution in [3.63, 3.8) is 0 Å². The molecular weight excluding hydrogens is 336 g/mol. The average molecular weight is 363 g/mol. The molecule has 1 aromatic heterocycles. The van der Waals surface area contributed by atoms with E-state index in [0.717, 1.165) is 36.0 Å². The van der Waals surface area contributed by atoms with Crippen LogP contribution in [0.4, 0.5) is 0 Å². The summed E-state index contributed by atoms with van der Waals surface area (Å²) >= 11 is 0. The van der Waals surface area contributed by atoms with Crippen molar-refractivity contribution in [3.8, 4) is 0 Å². The van der Waals surface area contributed by atoms with Crippen LogP contribution in [0.2, 0.25) is 0 Å². The second-order valence-electron chi connectivity index (χ2n) is 6.64. The van der Waals surface area contributed by atoms with Gasteiger partial charge in [-0.05, 0) is 44.7 Å². The molecule has 0 unspecified atom stereocenters. The SMILES string of the molecule is Cc1nn(Cc2ccccc2)c(C)c1CNC(=O)CNCC1CC1.Cl. The summed E-state index contributed by atoms with van der Waals surface area (Å²) in [6.45, 7) is 6.71. The summed E-state index contributed by atoms with van der Waals surface area (Å²) in [4.78, 5) is 11.9. The molecule has 1 aliphatic carbocycles. The first-order valence-electron chi connectivity index (χ1n) is 8.67. The van der Waals surface area contributed by atoms with E-state index in [1.54, 1.807) is 0 Å². The standard InChI is InChI=1S/C19H26N4O.ClH/c1-14-18(11-21-19(24)12-20-10-16-8-9-16)15(2)23(22-14)13-17-6-4-3-5-7-17;/h3-7,16,20H,8-13H2,1-2H3,(H,21,24);1H. The Morgan fingerprint density at radius 3 is 2.64 bits per heavy atom. The number of carbonyl (C=O) groups excluding carboxylic acids is 1. The summed E-state index contributed by atoms with van der Waals surface area (Å²) in [7, 11) is 0. The van der Waals surface area contributed by atoms with E-state index in [-0.39, 0.29) is 18.3 Å². The number of amides is 1. The molecule has 1 fully saturated rings. The summed E-state index contributed by atoms with van der Waals surface area (Å²) in [6.07, 6.45) is 2.60. The van der Waals surface area contributed by atoms with Crippen LogP contribution in [-0.2, 0) is 17.9 Å². The van der Waals surface area contributed by atoms with E-state index in [4.69, 9.17) is 0 Å². The van der Waals surface area contributed by atoms with E-state index in [1.807, 2.05) is 29.8 Å². The first-order valence-corrected chi connectivity index (χ1v) is 8.67. The molecule has 2 N–H and O–H groups in total. The number of halogens is 1. The first kappa shape index (κ1) is 19.5. The molecule has 1 heterocycles. The molecule has 3 rings (SSSR count). The van der Waals surface area contributed by atoms with Crippen LogP contribution < -0.4 is 10.6 Å². The van der Waals surface area contributed by atoms with Gasteiger partial charge in [0.1, 0.15) is 0 Å². The number of hydrogen-bond acceptors (Lipinski definition) is 3. The largest absolute Gasteiger partial charge is 0.351 e. The van der Waals surface area contributed by atoms with E-state index in [9.17, 15) is 4.79 Å². The zero-order chi connectivity index (χ0) is 16.9. The Hall–Kier alpha value is -1.85. The third kappa shape index (κ3) is 5.58. The van der Waals surface area contributed by atoms with Crippen molar-refractivity contribution < 1.29 is 4.79 Å². The quantitative estimate of drug-likeness (QED) is 0.758. The highest BCUT2D eigenvalue weighted by molar-refractivity contribution is 5.85. The normalized spacial score (nSPS) is 13.4. The third-order valence-electron chi connectivity index (χ3n) is 4.58. The molecule has 6 heteroatoms. The first-order chi connectivity index (χ1) is 11.6. The van der Waals surface area contributed by atoms with Crippen molar-refractivity contribution in [2.75, 3.05) is 13.1 Å². The van der Waals surface area contributed by atoms with Crippen molar-refractivity contribution in [2.24, 2.45) is 5.92 Å². The summed E-state index contributed by atoms with van der Waals surface area (Å²) in [6, 6.07) is 10.3. The van der Waals surface area contributed by atoms with E-state index in [2.05, 4.69) is 34.8 Å². The van der Waals surface area contributed by atoms with Crippen LogP contribution in [0.3, 0.4) is 0 Å². The molecule has 0 saturated heterocycles. The highest BCUT2D eigenvalue weighted by atomic mass is 35.5. The fourth-order valence-electron chi connectivity index (χ4n) is 2.86. The number of aromatic nitrogens is 2. The van der Waals surface area contributed by atoms with Crippen molar-refractivity contribution >= 4 is 18.3 Å². The van der Waals surface area contributed by atoms with Crippen LogP contribution in [-0.4, -0.2) is 28.8 Å². The number of benzene rings is 1. The van der Waals surface area contributed by atoms with Gasteiger partial charge in [0, 0.05) is 17.8 Å². The summed E-state index contributed by atoms with van der Waals surface area (Å²) < 4.78 is 2.01. The third-order valence-corrected chi connectivity index (χ3v) is 4.58. The minimum absolute atomic E-state index is 0. The van der Waals surface area contributed by atoms with Crippen LogP contribution in [0.5, 0.6) is 0 Å². The number of rotatable bonds is 8. The van der Waals surface area contributed by atoms with E-state index >= 15 is 0 Å². The second-order valence-corrected chi connectivity index (χ2v) is 6.64. The molecule has 1 saturated carbocycles. The van der Waals surface area contributed by atoms with Gasteiger partial charge in [0.05, 0.1) is 18.8 Å². The number of aryl methyl sites for hydroxylation is 1. The number of carbonyl (C=O) groups is 1. The predicted molar refractivity (Wildman–Crippen MR) is 102 cm³/mol. The van der Waals surface area contributed by atoms with Crippen LogP contribution in [0, 0.1) is 19.8 Å². The molecular formula is C19H27ClN4O. The van der Waals surface area contributed by atoms with E-state index in [0.29, 0.717) is 13.1 Å². The molecule has 136 valence electrons. The maximum Gasteiger partial charge on any atom is 0.234 e. The Balaban J connectivity index is 0.00000225. The smallest absolute Gasteiger partial charge is 0.234 e. The van der Waals surface area contributed by atoms with Crippen LogP contribution in [0.15, 0.2) is 30.3 Å². The van der Waals surface area contributed by atoms with Gasteiger partial charge in [-0.2, -0.15) is 5.10 Å². The van der Waals surface area contributed by atoms with Crippen molar-refractivity contribution in [1.82, 2.24) is 20.4 Å². The molecule has 5 nitrogen and oxygen atoms in total. The highest BCUT2D eigenvalue weighted by Gasteiger charge is 2.20. The van der Waals surface area contributed by atoms with Gasteiger partial charge in [-0.25, -0.2) is 0 Å². The Kier molecular flexibility index (Phi) is 7.02. The van der Waals surface area contributed by atoms with Crippen molar-refractivity contribution in [2.45, 2.75) is 39.8 Å². The fourth-order valence-corrected chi connectivity index (χ4v) is 2.86. The zero-order valence-corrected chi connectivity index (χ0v) is 15.7. The number of nitrogens with zero attached hydrogens (tertiary/aromatic N) is 2. The Labute approximate surface area is 155 Å². The molecule has 1 amide bonds. The summed E-state index contributed by atoms with van der Waals surface area (Å²) in [5.74, 6) is 0.837. The monoisotopic (exact) mass is 362 g/mol. The molecule has 0 bridgehead atoms. The molecule has 1 aliphatic rings. The lowest BCUT2D eigenvalue weighted by molar-refractivity contribution is -0.120. The maximum absolute atomic E-state index is 11.9. The van der Waals surface area contributed by atoms with Gasteiger partial charge in [0.25, 0.3) is 0 Å².